The quantitative estimate of drug-likeness (QED) is 0.175. The van der Waals surface area contributed by atoms with E-state index in [2.05, 4.69) is 217 Å². The minimum atomic E-state index is -0.602. The highest BCUT2D eigenvalue weighted by Gasteiger charge is 2.74. The van der Waals surface area contributed by atoms with Gasteiger partial charge in [0.05, 0.1) is 17.0 Å². The van der Waals surface area contributed by atoms with Crippen molar-refractivity contribution in [3.8, 4) is 44.9 Å². The van der Waals surface area contributed by atoms with Gasteiger partial charge >= 0.3 is 0 Å². The van der Waals surface area contributed by atoms with Crippen molar-refractivity contribution in [2.24, 2.45) is 11.8 Å². The van der Waals surface area contributed by atoms with Crippen LogP contribution in [0.3, 0.4) is 0 Å². The van der Waals surface area contributed by atoms with Crippen molar-refractivity contribution >= 4 is 11.4 Å². The van der Waals surface area contributed by atoms with Gasteiger partial charge in [-0.2, -0.15) is 0 Å². The number of nitrogens with zero attached hydrogens (tertiary/aromatic N) is 1. The lowest BCUT2D eigenvalue weighted by Crippen LogP contribution is -2.33. The Kier molecular flexibility index (Phi) is 6.81. The Bertz CT molecular complexity index is 2930. The number of hydrogen-bond acceptors (Lipinski definition) is 3. The van der Waals surface area contributed by atoms with Gasteiger partial charge in [-0.05, 0) is 92.6 Å². The molecule has 1 aliphatic heterocycles. The number of hydrogen-bond donors (Lipinski definition) is 0. The summed E-state index contributed by atoms with van der Waals surface area (Å²) in [6.07, 6.45) is 15.8. The second kappa shape index (κ2) is 12.2. The van der Waals surface area contributed by atoms with E-state index in [1.54, 1.807) is 0 Å². The summed E-state index contributed by atoms with van der Waals surface area (Å²) in [7, 11) is 0. The molecule has 0 bridgehead atoms. The average molecular weight is 758 g/mol. The van der Waals surface area contributed by atoms with Crippen molar-refractivity contribution in [2.75, 3.05) is 4.90 Å². The van der Waals surface area contributed by atoms with Crippen molar-refractivity contribution in [3.63, 3.8) is 0 Å². The highest BCUT2D eigenvalue weighted by molar-refractivity contribution is 5.88. The summed E-state index contributed by atoms with van der Waals surface area (Å²) in [6, 6.07) is 61.7. The maximum Gasteiger partial charge on any atom is 0.177 e. The fourth-order valence-corrected chi connectivity index (χ4v) is 11.4. The molecule has 13 rings (SSSR count). The summed E-state index contributed by atoms with van der Waals surface area (Å²) in [5.41, 5.74) is 15.3. The molecule has 1 heterocycles. The molecule has 5 atom stereocenters. The van der Waals surface area contributed by atoms with Crippen LogP contribution in [-0.2, 0) is 5.41 Å². The zero-order chi connectivity index (χ0) is 38.7. The van der Waals surface area contributed by atoms with Gasteiger partial charge in [-0.1, -0.05) is 170 Å². The first-order valence-corrected chi connectivity index (χ1v) is 20.8. The Balaban J connectivity index is 0.910. The predicted molar refractivity (Wildman–Crippen MR) is 237 cm³/mol. The molecule has 59 heavy (non-hydrogen) atoms. The van der Waals surface area contributed by atoms with Crippen molar-refractivity contribution in [1.29, 1.82) is 0 Å². The molecule has 2 spiro atoms. The van der Waals surface area contributed by atoms with Crippen LogP contribution in [0.2, 0.25) is 0 Å². The molecule has 7 aromatic carbocycles. The fraction of sp³-hybridized carbons (Fsp3) is 0.107. The van der Waals surface area contributed by atoms with Gasteiger partial charge in [0, 0.05) is 28.8 Å². The third kappa shape index (κ3) is 4.48. The minimum Gasteiger partial charge on any atom is -0.481 e. The van der Waals surface area contributed by atoms with Crippen molar-refractivity contribution in [2.45, 2.75) is 23.0 Å². The van der Waals surface area contributed by atoms with Crippen LogP contribution in [0, 0.1) is 11.8 Å². The molecule has 6 aliphatic rings. The number of anilines is 2. The van der Waals surface area contributed by atoms with Crippen LogP contribution in [0.25, 0.3) is 33.4 Å². The number of rotatable bonds is 5. The molecular weight excluding hydrogens is 719 g/mol. The maximum absolute atomic E-state index is 7.29. The molecule has 1 fully saturated rings. The van der Waals surface area contributed by atoms with Gasteiger partial charge in [0.25, 0.3) is 0 Å². The Morgan fingerprint density at radius 1 is 0.508 bits per heavy atom. The zero-order valence-electron chi connectivity index (χ0n) is 32.3. The van der Waals surface area contributed by atoms with E-state index in [4.69, 9.17) is 9.47 Å². The number of benzene rings is 7. The first-order chi connectivity index (χ1) is 29.2. The van der Waals surface area contributed by atoms with E-state index >= 15 is 0 Å². The largest absolute Gasteiger partial charge is 0.481 e. The molecular formula is C56H39NO2. The third-order valence-corrected chi connectivity index (χ3v) is 13.9. The smallest absolute Gasteiger partial charge is 0.177 e. The predicted octanol–water partition coefficient (Wildman–Crippen LogP) is 13.0. The van der Waals surface area contributed by atoms with Crippen LogP contribution < -0.4 is 14.4 Å². The summed E-state index contributed by atoms with van der Waals surface area (Å²) in [4.78, 5) is 2.43. The summed E-state index contributed by atoms with van der Waals surface area (Å²) < 4.78 is 14.5. The number of para-hydroxylation sites is 2. The molecule has 0 radical (unpaired) electrons. The Labute approximate surface area is 344 Å². The Morgan fingerprint density at radius 2 is 1.14 bits per heavy atom. The standard InChI is InChI=1S/C56H39NO2/c1-3-16-36(17-4-1)37-29-31-38(32-30-37)40-20-10-14-27-49(40)57(39-18-5-2-6-19-39)50-28-15-33-55-53(50)54(55)58-51-35-48-44(34-52(51)59-55)43-23-9-13-26-47(43)56(48)45-24-11-7-21-41(45)42-22-8-12-25-46(42)56/h1-35,43,47,53-54H/t43?,47?,53-,54?,55?/m0/s1. The third-order valence-electron chi connectivity index (χ3n) is 13.9. The van der Waals surface area contributed by atoms with Crippen LogP contribution in [0.1, 0.15) is 28.2 Å². The second-order valence-corrected chi connectivity index (χ2v) is 16.7. The molecule has 280 valence electrons. The number of ether oxygens (including phenoxy) is 2. The maximum atomic E-state index is 7.29. The van der Waals surface area contributed by atoms with Gasteiger partial charge in [-0.25, -0.2) is 0 Å². The lowest BCUT2D eigenvalue weighted by Gasteiger charge is -2.36. The van der Waals surface area contributed by atoms with Gasteiger partial charge in [0.1, 0.15) is 0 Å². The first kappa shape index (κ1) is 32.9. The highest BCUT2D eigenvalue weighted by Crippen LogP contribution is 2.68. The number of allylic oxidation sites excluding steroid dienone is 6. The van der Waals surface area contributed by atoms with E-state index in [1.165, 1.54) is 50.1 Å². The van der Waals surface area contributed by atoms with Crippen molar-refractivity contribution in [1.82, 2.24) is 0 Å². The monoisotopic (exact) mass is 757 g/mol. The second-order valence-electron chi connectivity index (χ2n) is 16.7. The van der Waals surface area contributed by atoms with E-state index in [0.717, 1.165) is 34.1 Å². The molecule has 3 nitrogen and oxygen atoms in total. The van der Waals surface area contributed by atoms with Crippen molar-refractivity contribution < 1.29 is 9.47 Å². The molecule has 0 saturated heterocycles. The topological polar surface area (TPSA) is 21.7 Å². The molecule has 7 aromatic rings. The Hall–Kier alpha value is -7.10. The van der Waals surface area contributed by atoms with E-state index in [9.17, 15) is 0 Å². The zero-order valence-corrected chi connectivity index (χ0v) is 32.3. The van der Waals surface area contributed by atoms with Gasteiger partial charge < -0.3 is 14.4 Å². The minimum absolute atomic E-state index is 0.0180. The van der Waals surface area contributed by atoms with Gasteiger partial charge in [0.2, 0.25) is 0 Å². The van der Waals surface area contributed by atoms with Gasteiger partial charge in [-0.15, -0.1) is 0 Å². The van der Waals surface area contributed by atoms with Crippen LogP contribution in [-0.4, -0.2) is 11.7 Å². The lowest BCUT2D eigenvalue weighted by molar-refractivity contribution is 0.117. The molecule has 1 saturated carbocycles. The molecule has 3 heteroatoms. The van der Waals surface area contributed by atoms with Crippen LogP contribution in [0.5, 0.6) is 11.5 Å². The SMILES string of the molecule is C1=CC2c3cc4c(cc3C3(c5ccccc5-c5ccccc53)C2C=C1)OC1[C@@H]2C(N(c3ccccc3)c3ccccc3-c3ccc(-c5ccccc5)cc3)=CC=CC12O4. The van der Waals surface area contributed by atoms with Crippen molar-refractivity contribution in [3.05, 3.63) is 240 Å². The van der Waals surface area contributed by atoms with E-state index in [1.807, 2.05) is 0 Å². The summed E-state index contributed by atoms with van der Waals surface area (Å²) in [5.74, 6) is 2.11. The van der Waals surface area contributed by atoms with Crippen LogP contribution in [0.15, 0.2) is 218 Å². The first-order valence-electron chi connectivity index (χ1n) is 20.8. The normalized spacial score (nSPS) is 23.6. The lowest BCUT2D eigenvalue weighted by atomic mass is 9.65. The van der Waals surface area contributed by atoms with E-state index in [0.29, 0.717) is 0 Å². The highest BCUT2D eigenvalue weighted by atomic mass is 16.6. The Morgan fingerprint density at radius 3 is 1.90 bits per heavy atom. The summed E-state index contributed by atoms with van der Waals surface area (Å²) in [5, 5.41) is 0. The average Bonchev–Trinajstić information content (AvgIpc) is 3.75. The molecule has 5 aliphatic carbocycles. The van der Waals surface area contributed by atoms with Gasteiger partial charge in [0.15, 0.2) is 23.2 Å². The van der Waals surface area contributed by atoms with E-state index < -0.39 is 5.60 Å². The number of fused-ring (bicyclic) bond motifs is 12. The molecule has 0 N–H and O–H groups in total. The molecule has 0 aromatic heterocycles. The molecule has 0 amide bonds. The van der Waals surface area contributed by atoms with Gasteiger partial charge in [-0.3, -0.25) is 0 Å². The van der Waals surface area contributed by atoms with E-state index in [-0.39, 0.29) is 29.3 Å². The van der Waals surface area contributed by atoms with Crippen LogP contribution >= 0.6 is 0 Å². The summed E-state index contributed by atoms with van der Waals surface area (Å²) in [6.45, 7) is 0. The fourth-order valence-electron chi connectivity index (χ4n) is 11.4. The molecule has 4 unspecified atom stereocenters. The van der Waals surface area contributed by atoms with Crippen LogP contribution in [0.4, 0.5) is 11.4 Å². The summed E-state index contributed by atoms with van der Waals surface area (Å²) >= 11 is 0.